The molecular formula is C24H29N3O4. The van der Waals surface area contributed by atoms with Crippen LogP contribution in [0.3, 0.4) is 0 Å². The maximum atomic E-state index is 13.2. The fourth-order valence-corrected chi connectivity index (χ4v) is 3.41. The van der Waals surface area contributed by atoms with E-state index in [1.165, 1.54) is 0 Å². The number of carbonyl (C=O) groups is 1. The summed E-state index contributed by atoms with van der Waals surface area (Å²) in [6, 6.07) is 15.2. The number of rotatable bonds is 10. The molecule has 0 aliphatic carbocycles. The van der Waals surface area contributed by atoms with Crippen molar-refractivity contribution in [3.63, 3.8) is 0 Å². The Morgan fingerprint density at radius 3 is 2.48 bits per heavy atom. The summed E-state index contributed by atoms with van der Waals surface area (Å²) < 4.78 is 12.5. The van der Waals surface area contributed by atoms with Gasteiger partial charge in [0.15, 0.2) is 0 Å². The molecule has 2 aromatic carbocycles. The highest BCUT2D eigenvalue weighted by atomic mass is 16.5. The number of ether oxygens (including phenoxy) is 2. The predicted octanol–water partition coefficient (Wildman–Crippen LogP) is 2.68. The van der Waals surface area contributed by atoms with Crippen LogP contribution in [0.1, 0.15) is 19.4 Å². The molecule has 3 rings (SSSR count). The quantitative estimate of drug-likeness (QED) is 0.489. The molecule has 0 saturated heterocycles. The number of hydrogen-bond donors (Lipinski definition) is 2. The summed E-state index contributed by atoms with van der Waals surface area (Å²) >= 11 is 0. The van der Waals surface area contributed by atoms with Crippen LogP contribution in [0, 0.1) is 0 Å². The van der Waals surface area contributed by atoms with E-state index in [0.717, 1.165) is 27.8 Å². The molecule has 7 heteroatoms. The first-order valence-electron chi connectivity index (χ1n) is 10.4. The highest BCUT2D eigenvalue weighted by molar-refractivity contribution is 5.85. The Morgan fingerprint density at radius 1 is 1.13 bits per heavy atom. The van der Waals surface area contributed by atoms with Crippen molar-refractivity contribution in [2.75, 3.05) is 20.3 Å². The molecule has 1 amide bonds. The van der Waals surface area contributed by atoms with Gasteiger partial charge in [-0.1, -0.05) is 24.3 Å². The summed E-state index contributed by atoms with van der Waals surface area (Å²) in [5.41, 5.74) is 8.67. The second kappa shape index (κ2) is 10.2. The number of aromatic nitrogens is 1. The number of amides is 1. The van der Waals surface area contributed by atoms with Gasteiger partial charge >= 0.3 is 0 Å². The van der Waals surface area contributed by atoms with Crippen molar-refractivity contribution in [2.45, 2.75) is 33.0 Å². The average molecular weight is 424 g/mol. The van der Waals surface area contributed by atoms with Crippen LogP contribution in [0.15, 0.2) is 53.3 Å². The molecule has 1 heterocycles. The van der Waals surface area contributed by atoms with Crippen molar-refractivity contribution in [2.24, 2.45) is 5.73 Å². The molecule has 0 aliphatic rings. The van der Waals surface area contributed by atoms with E-state index < -0.39 is 11.9 Å². The van der Waals surface area contributed by atoms with Crippen LogP contribution in [0.5, 0.6) is 5.75 Å². The lowest BCUT2D eigenvalue weighted by Crippen LogP contribution is -2.39. The first kappa shape index (κ1) is 22.5. The Bertz CT molecular complexity index is 1110. The second-order valence-electron chi connectivity index (χ2n) is 7.33. The molecule has 164 valence electrons. The number of carbonyl (C=O) groups excluding carboxylic acids is 1. The Balaban J connectivity index is 2.04. The van der Waals surface area contributed by atoms with E-state index in [0.29, 0.717) is 25.3 Å². The number of primary amides is 1. The van der Waals surface area contributed by atoms with Gasteiger partial charge in [-0.2, -0.15) is 0 Å². The molecule has 3 N–H and O–H groups in total. The van der Waals surface area contributed by atoms with Crippen molar-refractivity contribution in [1.29, 1.82) is 0 Å². The predicted molar refractivity (Wildman–Crippen MR) is 122 cm³/mol. The van der Waals surface area contributed by atoms with Gasteiger partial charge in [-0.05, 0) is 54.6 Å². The summed E-state index contributed by atoms with van der Waals surface area (Å²) in [5.74, 6) is 0.335. The van der Waals surface area contributed by atoms with Crippen molar-refractivity contribution < 1.29 is 14.3 Å². The Kier molecular flexibility index (Phi) is 7.44. The third-order valence-corrected chi connectivity index (χ3v) is 5.28. The number of benzene rings is 2. The minimum absolute atomic E-state index is 0.108. The molecule has 0 radical (unpaired) electrons. The van der Waals surface area contributed by atoms with Gasteiger partial charge < -0.3 is 25.1 Å². The Labute approximate surface area is 181 Å². The molecule has 0 spiro atoms. The molecule has 1 aromatic heterocycles. The third-order valence-electron chi connectivity index (χ3n) is 5.28. The molecule has 3 aromatic rings. The van der Waals surface area contributed by atoms with Gasteiger partial charge in [-0.15, -0.1) is 0 Å². The summed E-state index contributed by atoms with van der Waals surface area (Å²) in [7, 11) is 1.64. The maximum Gasteiger partial charge on any atom is 0.255 e. The average Bonchev–Trinajstić information content (AvgIpc) is 2.78. The zero-order chi connectivity index (χ0) is 22.4. The third kappa shape index (κ3) is 5.31. The highest BCUT2D eigenvalue weighted by Crippen LogP contribution is 2.26. The van der Waals surface area contributed by atoms with Gasteiger partial charge in [0.25, 0.3) is 5.56 Å². The van der Waals surface area contributed by atoms with Crippen LogP contribution in [-0.2, 0) is 22.6 Å². The zero-order valence-electron chi connectivity index (χ0n) is 18.2. The van der Waals surface area contributed by atoms with Crippen molar-refractivity contribution in [3.8, 4) is 16.9 Å². The molecule has 0 unspecified atom stereocenters. The van der Waals surface area contributed by atoms with Crippen LogP contribution in [0.4, 0.5) is 0 Å². The number of methoxy groups -OCH3 is 1. The molecular weight excluding hydrogens is 394 g/mol. The first-order valence-corrected chi connectivity index (χ1v) is 10.4. The van der Waals surface area contributed by atoms with Gasteiger partial charge in [0.2, 0.25) is 5.91 Å². The number of pyridine rings is 1. The Morgan fingerprint density at radius 2 is 1.84 bits per heavy atom. The van der Waals surface area contributed by atoms with Crippen LogP contribution >= 0.6 is 0 Å². The molecule has 0 aliphatic heterocycles. The van der Waals surface area contributed by atoms with Crippen molar-refractivity contribution in [1.82, 2.24) is 9.88 Å². The molecule has 1 atom stereocenters. The minimum Gasteiger partial charge on any atom is -0.497 e. The van der Waals surface area contributed by atoms with Crippen LogP contribution < -0.4 is 21.3 Å². The number of fused-ring (bicyclic) bond motifs is 1. The lowest BCUT2D eigenvalue weighted by molar-refractivity contribution is -0.119. The van der Waals surface area contributed by atoms with E-state index >= 15 is 0 Å². The minimum atomic E-state index is -0.524. The topological polar surface area (TPSA) is 95.6 Å². The molecule has 0 bridgehead atoms. The fraction of sp³-hybridized carbons (Fsp3) is 0.333. The van der Waals surface area contributed by atoms with E-state index in [9.17, 15) is 9.59 Å². The van der Waals surface area contributed by atoms with Crippen molar-refractivity contribution in [3.05, 3.63) is 64.4 Å². The number of hydrogen-bond acceptors (Lipinski definition) is 5. The van der Waals surface area contributed by atoms with Gasteiger partial charge in [0.05, 0.1) is 25.3 Å². The smallest absolute Gasteiger partial charge is 0.255 e. The molecule has 0 fully saturated rings. The van der Waals surface area contributed by atoms with E-state index in [2.05, 4.69) is 5.32 Å². The number of nitrogens with zero attached hydrogens (tertiary/aromatic N) is 1. The van der Waals surface area contributed by atoms with E-state index in [1.807, 2.05) is 55.5 Å². The lowest BCUT2D eigenvalue weighted by Gasteiger charge is -2.16. The van der Waals surface area contributed by atoms with E-state index in [-0.39, 0.29) is 12.1 Å². The van der Waals surface area contributed by atoms with Gasteiger partial charge in [0, 0.05) is 25.3 Å². The Hall–Kier alpha value is -3.16. The van der Waals surface area contributed by atoms with Gasteiger partial charge in [0.1, 0.15) is 5.75 Å². The fourth-order valence-electron chi connectivity index (χ4n) is 3.41. The first-order chi connectivity index (χ1) is 14.9. The molecule has 7 nitrogen and oxygen atoms in total. The van der Waals surface area contributed by atoms with Gasteiger partial charge in [-0.25, -0.2) is 0 Å². The van der Waals surface area contributed by atoms with Gasteiger partial charge in [-0.3, -0.25) is 9.59 Å². The summed E-state index contributed by atoms with van der Waals surface area (Å²) in [6.07, 6.45) is 0. The van der Waals surface area contributed by atoms with Crippen LogP contribution in [0.25, 0.3) is 22.0 Å². The van der Waals surface area contributed by atoms with E-state index in [4.69, 9.17) is 15.2 Å². The SMILES string of the molecule is CCOCCn1c(=O)c(CN[C@@H](C)C(N)=O)cc2ccc(-c3ccc(OC)cc3)cc21. The number of nitrogens with one attached hydrogen (secondary N) is 1. The summed E-state index contributed by atoms with van der Waals surface area (Å²) in [5, 5.41) is 3.96. The van der Waals surface area contributed by atoms with E-state index in [1.54, 1.807) is 18.6 Å². The summed E-state index contributed by atoms with van der Waals surface area (Å²) in [4.78, 5) is 24.5. The molecule has 31 heavy (non-hydrogen) atoms. The van der Waals surface area contributed by atoms with Crippen molar-refractivity contribution >= 4 is 16.8 Å². The van der Waals surface area contributed by atoms with Crippen LogP contribution in [-0.4, -0.2) is 36.8 Å². The maximum absolute atomic E-state index is 13.2. The lowest BCUT2D eigenvalue weighted by atomic mass is 10.0. The zero-order valence-corrected chi connectivity index (χ0v) is 18.2. The van der Waals surface area contributed by atoms with Crippen LogP contribution in [0.2, 0.25) is 0 Å². The largest absolute Gasteiger partial charge is 0.497 e. The standard InChI is InChI=1S/C24H29N3O4/c1-4-31-12-11-27-22-14-18(17-7-9-21(30-3)10-8-17)5-6-19(22)13-20(24(27)29)15-26-16(2)23(25)28/h5-10,13-14,16,26H,4,11-12,15H2,1-3H3,(H2,25,28)/t16-/m0/s1. The summed E-state index contributed by atoms with van der Waals surface area (Å²) in [6.45, 7) is 5.32. The molecule has 0 saturated carbocycles. The number of nitrogens with two attached hydrogens (primary N) is 1. The second-order valence-corrected chi connectivity index (χ2v) is 7.33. The monoisotopic (exact) mass is 423 g/mol. The highest BCUT2D eigenvalue weighted by Gasteiger charge is 2.13. The normalized spacial score (nSPS) is 12.1.